The molecule has 0 aliphatic rings. The summed E-state index contributed by atoms with van der Waals surface area (Å²) >= 11 is 0. The van der Waals surface area contributed by atoms with Crippen LogP contribution in [0.3, 0.4) is 0 Å². The molecule has 0 bridgehead atoms. The van der Waals surface area contributed by atoms with E-state index in [1.165, 1.54) is 0 Å². The fraction of sp³-hybridized carbons (Fsp3) is 0.389. The Hall–Kier alpha value is -2.71. The van der Waals surface area contributed by atoms with Crippen molar-refractivity contribution >= 4 is 22.9 Å². The van der Waals surface area contributed by atoms with E-state index >= 15 is 0 Å². The van der Waals surface area contributed by atoms with E-state index in [2.05, 4.69) is 39.4 Å². The summed E-state index contributed by atoms with van der Waals surface area (Å²) in [7, 11) is 0. The van der Waals surface area contributed by atoms with Crippen LogP contribution >= 0.6 is 0 Å². The van der Waals surface area contributed by atoms with Gasteiger partial charge < -0.3 is 25.4 Å². The second kappa shape index (κ2) is 8.11. The third-order valence-electron chi connectivity index (χ3n) is 4.05. The number of fused-ring (bicyclic) bond motifs is 1. The largest absolute Gasteiger partial charge is 0.394 e. The molecule has 2 aromatic heterocycles. The lowest BCUT2D eigenvalue weighted by Gasteiger charge is -2.15. The quantitative estimate of drug-likeness (QED) is 0.487. The number of hydrogen-bond donors (Lipinski definition) is 4. The van der Waals surface area contributed by atoms with Crippen LogP contribution in [-0.2, 0) is 6.54 Å². The molecule has 8 nitrogen and oxygen atoms in total. The van der Waals surface area contributed by atoms with E-state index in [1.807, 2.05) is 34.9 Å². The zero-order valence-electron chi connectivity index (χ0n) is 14.9. The summed E-state index contributed by atoms with van der Waals surface area (Å²) in [5, 5.41) is 24.9. The van der Waals surface area contributed by atoms with Crippen molar-refractivity contribution in [1.29, 1.82) is 0 Å². The smallest absolute Gasteiger partial charge is 0.227 e. The highest BCUT2D eigenvalue weighted by Gasteiger charge is 2.16. The maximum Gasteiger partial charge on any atom is 0.227 e. The van der Waals surface area contributed by atoms with E-state index in [1.54, 1.807) is 6.33 Å². The molecule has 0 saturated heterocycles. The Labute approximate surface area is 151 Å². The molecular formula is C18H24N6O2. The minimum absolute atomic E-state index is 0.191. The number of aliphatic hydroxyl groups excluding tert-OH is 2. The van der Waals surface area contributed by atoms with Crippen LogP contribution in [0.5, 0.6) is 0 Å². The minimum atomic E-state index is -0.523. The second-order valence-electron chi connectivity index (χ2n) is 6.36. The molecule has 0 aliphatic carbocycles. The topological polar surface area (TPSA) is 108 Å². The molecule has 0 radical (unpaired) electrons. The Morgan fingerprint density at radius 2 is 1.81 bits per heavy atom. The number of nitrogens with one attached hydrogen (secondary N) is 2. The normalized spacial score (nSPS) is 11.5. The minimum Gasteiger partial charge on any atom is -0.394 e. The van der Waals surface area contributed by atoms with Gasteiger partial charge in [0, 0.05) is 12.6 Å². The van der Waals surface area contributed by atoms with Gasteiger partial charge in [-0.05, 0) is 19.4 Å². The summed E-state index contributed by atoms with van der Waals surface area (Å²) in [6, 6.07) is 9.68. The number of rotatable bonds is 8. The van der Waals surface area contributed by atoms with Gasteiger partial charge in [0.2, 0.25) is 5.95 Å². The van der Waals surface area contributed by atoms with Crippen LogP contribution in [0.2, 0.25) is 0 Å². The van der Waals surface area contributed by atoms with E-state index in [0.29, 0.717) is 29.5 Å². The van der Waals surface area contributed by atoms with Gasteiger partial charge in [0.05, 0.1) is 25.6 Å². The first kappa shape index (κ1) is 18.1. The molecule has 8 heteroatoms. The van der Waals surface area contributed by atoms with Gasteiger partial charge in [-0.25, -0.2) is 4.98 Å². The summed E-state index contributed by atoms with van der Waals surface area (Å²) in [5.74, 6) is 0.943. The van der Waals surface area contributed by atoms with Crippen LogP contribution in [0.25, 0.3) is 11.2 Å². The summed E-state index contributed by atoms with van der Waals surface area (Å²) in [5.41, 5.74) is 2.51. The highest BCUT2D eigenvalue weighted by molar-refractivity contribution is 5.84. The molecule has 0 saturated carbocycles. The molecule has 0 atom stereocenters. The average molecular weight is 356 g/mol. The number of benzene rings is 1. The van der Waals surface area contributed by atoms with E-state index in [0.717, 1.165) is 5.56 Å². The Balaban J connectivity index is 1.96. The van der Waals surface area contributed by atoms with Crippen LogP contribution in [0, 0.1) is 0 Å². The van der Waals surface area contributed by atoms with Crippen molar-refractivity contribution in [2.24, 2.45) is 0 Å². The monoisotopic (exact) mass is 356 g/mol. The summed E-state index contributed by atoms with van der Waals surface area (Å²) in [6.07, 6.45) is 1.75. The van der Waals surface area contributed by atoms with Crippen LogP contribution in [0.1, 0.15) is 25.5 Å². The Morgan fingerprint density at radius 3 is 2.46 bits per heavy atom. The van der Waals surface area contributed by atoms with E-state index in [4.69, 9.17) is 0 Å². The fourth-order valence-electron chi connectivity index (χ4n) is 2.60. The van der Waals surface area contributed by atoms with Gasteiger partial charge >= 0.3 is 0 Å². The maximum atomic E-state index is 9.31. The number of nitrogens with zero attached hydrogens (tertiary/aromatic N) is 4. The predicted molar refractivity (Wildman–Crippen MR) is 101 cm³/mol. The highest BCUT2D eigenvalue weighted by Crippen LogP contribution is 2.24. The van der Waals surface area contributed by atoms with E-state index < -0.39 is 6.04 Å². The van der Waals surface area contributed by atoms with Gasteiger partial charge in [-0.15, -0.1) is 0 Å². The molecule has 0 spiro atoms. The highest BCUT2D eigenvalue weighted by atomic mass is 16.3. The summed E-state index contributed by atoms with van der Waals surface area (Å²) in [6.45, 7) is 4.28. The summed E-state index contributed by atoms with van der Waals surface area (Å²) < 4.78 is 1.96. The van der Waals surface area contributed by atoms with Gasteiger partial charge in [0.1, 0.15) is 0 Å². The Kier molecular flexibility index (Phi) is 5.65. The average Bonchev–Trinajstić information content (AvgIpc) is 3.09. The number of hydrogen-bond acceptors (Lipinski definition) is 7. The van der Waals surface area contributed by atoms with Gasteiger partial charge in [-0.2, -0.15) is 9.97 Å². The van der Waals surface area contributed by atoms with Crippen molar-refractivity contribution in [1.82, 2.24) is 19.5 Å². The van der Waals surface area contributed by atoms with E-state index in [-0.39, 0.29) is 19.3 Å². The van der Waals surface area contributed by atoms with Crippen molar-refractivity contribution < 1.29 is 10.2 Å². The molecule has 138 valence electrons. The lowest BCUT2D eigenvalue weighted by atomic mass is 10.2. The number of anilines is 2. The van der Waals surface area contributed by atoms with Crippen molar-refractivity contribution in [2.75, 3.05) is 23.8 Å². The van der Waals surface area contributed by atoms with Crippen LogP contribution in [0.4, 0.5) is 11.8 Å². The molecule has 0 fully saturated rings. The molecule has 1 aromatic carbocycles. The number of aromatic nitrogens is 4. The first-order chi connectivity index (χ1) is 12.6. The SMILES string of the molecule is CC(C)n1cnc2c(NCc3ccccc3)nc(NC(CO)CO)nc21. The molecule has 0 amide bonds. The molecule has 26 heavy (non-hydrogen) atoms. The summed E-state index contributed by atoms with van der Waals surface area (Å²) in [4.78, 5) is 13.5. The second-order valence-corrected chi connectivity index (χ2v) is 6.36. The fourth-order valence-corrected chi connectivity index (χ4v) is 2.60. The molecule has 3 aromatic rings. The van der Waals surface area contributed by atoms with Crippen molar-refractivity contribution in [3.05, 3.63) is 42.2 Å². The standard InChI is InChI=1S/C18H24N6O2/c1-12(2)24-11-20-15-16(19-8-13-6-4-3-5-7-13)22-18(23-17(15)24)21-14(9-25)10-26/h3-7,11-12,14,25-26H,8-10H2,1-2H3,(H2,19,21,22,23). The lowest BCUT2D eigenvalue weighted by Crippen LogP contribution is -2.28. The van der Waals surface area contributed by atoms with E-state index in [9.17, 15) is 10.2 Å². The van der Waals surface area contributed by atoms with Gasteiger partial charge in [-0.3, -0.25) is 0 Å². The molecule has 3 rings (SSSR count). The lowest BCUT2D eigenvalue weighted by molar-refractivity contribution is 0.203. The van der Waals surface area contributed by atoms with Crippen molar-refractivity contribution in [3.8, 4) is 0 Å². The van der Waals surface area contributed by atoms with Gasteiger partial charge in [-0.1, -0.05) is 30.3 Å². The van der Waals surface area contributed by atoms with Crippen molar-refractivity contribution in [2.45, 2.75) is 32.5 Å². The molecular weight excluding hydrogens is 332 g/mol. The molecule has 4 N–H and O–H groups in total. The maximum absolute atomic E-state index is 9.31. The predicted octanol–water partition coefficient (Wildman–Crippen LogP) is 1.78. The molecule has 0 aliphatic heterocycles. The first-order valence-electron chi connectivity index (χ1n) is 8.63. The zero-order chi connectivity index (χ0) is 18.5. The molecule has 2 heterocycles. The van der Waals surface area contributed by atoms with Crippen LogP contribution < -0.4 is 10.6 Å². The van der Waals surface area contributed by atoms with Gasteiger partial charge in [0.15, 0.2) is 17.0 Å². The first-order valence-corrected chi connectivity index (χ1v) is 8.63. The van der Waals surface area contributed by atoms with Crippen molar-refractivity contribution in [3.63, 3.8) is 0 Å². The molecule has 0 unspecified atom stereocenters. The third kappa shape index (κ3) is 3.92. The van der Waals surface area contributed by atoms with Crippen LogP contribution in [0.15, 0.2) is 36.7 Å². The van der Waals surface area contributed by atoms with Gasteiger partial charge in [0.25, 0.3) is 0 Å². The van der Waals surface area contributed by atoms with Crippen LogP contribution in [-0.4, -0.2) is 49.0 Å². The number of aliphatic hydroxyl groups is 2. The number of imidazole rings is 1. The Bertz CT molecular complexity index is 846. The Morgan fingerprint density at radius 1 is 1.08 bits per heavy atom. The third-order valence-corrected chi connectivity index (χ3v) is 4.05. The zero-order valence-corrected chi connectivity index (χ0v) is 14.9.